The fourth-order valence-electron chi connectivity index (χ4n) is 2.72. The lowest BCUT2D eigenvalue weighted by Gasteiger charge is -2.29. The number of carbonyl (C=O) groups excluding carboxylic acids is 1. The molecule has 26 heavy (non-hydrogen) atoms. The third-order valence-corrected chi connectivity index (χ3v) is 4.32. The minimum atomic E-state index is -0.685. The van der Waals surface area contributed by atoms with E-state index in [0.29, 0.717) is 11.8 Å². The average molecular weight is 363 g/mol. The highest BCUT2D eigenvalue weighted by Gasteiger charge is 2.38. The molecule has 0 aromatic heterocycles. The van der Waals surface area contributed by atoms with Gasteiger partial charge in [0.2, 0.25) is 6.29 Å². The number of benzene rings is 1. The smallest absolute Gasteiger partial charge is 0.312 e. The van der Waals surface area contributed by atoms with Crippen LogP contribution in [0.2, 0.25) is 0 Å². The topological polar surface area (TPSA) is 44.8 Å². The second-order valence-corrected chi connectivity index (χ2v) is 10.1. The highest BCUT2D eigenvalue weighted by molar-refractivity contribution is 5.76. The predicted molar refractivity (Wildman–Crippen MR) is 104 cm³/mol. The van der Waals surface area contributed by atoms with Crippen molar-refractivity contribution in [3.8, 4) is 11.5 Å². The van der Waals surface area contributed by atoms with Gasteiger partial charge in [-0.15, -0.1) is 0 Å². The van der Waals surface area contributed by atoms with Crippen molar-refractivity contribution < 1.29 is 19.0 Å². The van der Waals surface area contributed by atoms with Crippen molar-refractivity contribution in [2.45, 2.75) is 86.5 Å². The van der Waals surface area contributed by atoms with Crippen molar-refractivity contribution in [2.24, 2.45) is 10.8 Å². The standard InChI is InChI=1S/C22H34O4/c1-20(2,3)12-11-15-9-10-16-17(13-15)25-18(24-16)14-22(7,8)19(23)26-21(4,5)6/h9-10,13,18H,11-12,14H2,1-8H3. The van der Waals surface area contributed by atoms with Gasteiger partial charge < -0.3 is 14.2 Å². The molecule has 0 spiro atoms. The predicted octanol–water partition coefficient (Wildman–Crippen LogP) is 5.52. The molecule has 1 aliphatic rings. The molecule has 1 heterocycles. The summed E-state index contributed by atoms with van der Waals surface area (Å²) >= 11 is 0. The molecule has 146 valence electrons. The van der Waals surface area contributed by atoms with E-state index < -0.39 is 17.3 Å². The second kappa shape index (κ2) is 7.13. The Morgan fingerprint density at radius 2 is 1.62 bits per heavy atom. The number of rotatable bonds is 5. The summed E-state index contributed by atoms with van der Waals surface area (Å²) in [6, 6.07) is 6.12. The van der Waals surface area contributed by atoms with E-state index in [0.717, 1.165) is 24.3 Å². The Labute approximate surface area is 158 Å². The number of hydrogen-bond donors (Lipinski definition) is 0. The molecule has 1 aromatic carbocycles. The van der Waals surface area contributed by atoms with Crippen molar-refractivity contribution >= 4 is 5.97 Å². The maximum atomic E-state index is 12.4. The van der Waals surface area contributed by atoms with Gasteiger partial charge in [0.1, 0.15) is 5.60 Å². The number of fused-ring (bicyclic) bond motifs is 1. The summed E-state index contributed by atoms with van der Waals surface area (Å²) in [4.78, 5) is 12.4. The Kier molecular flexibility index (Phi) is 5.65. The van der Waals surface area contributed by atoms with Crippen molar-refractivity contribution in [1.82, 2.24) is 0 Å². The van der Waals surface area contributed by atoms with E-state index in [-0.39, 0.29) is 5.97 Å². The molecule has 4 heteroatoms. The normalized spacial score (nSPS) is 17.3. The Morgan fingerprint density at radius 3 is 2.19 bits per heavy atom. The van der Waals surface area contributed by atoms with Crippen LogP contribution in [0.25, 0.3) is 0 Å². The van der Waals surface area contributed by atoms with Crippen LogP contribution in [0.5, 0.6) is 11.5 Å². The van der Waals surface area contributed by atoms with Gasteiger partial charge in [0.25, 0.3) is 0 Å². The Hall–Kier alpha value is -1.71. The summed E-state index contributed by atoms with van der Waals surface area (Å²) in [5.74, 6) is 1.27. The van der Waals surface area contributed by atoms with Gasteiger partial charge in [-0.25, -0.2) is 0 Å². The van der Waals surface area contributed by atoms with Crippen LogP contribution in [0.3, 0.4) is 0 Å². The Bertz CT molecular complexity index is 647. The molecule has 0 saturated heterocycles. The third-order valence-electron chi connectivity index (χ3n) is 4.32. The van der Waals surface area contributed by atoms with Gasteiger partial charge in [-0.2, -0.15) is 0 Å². The molecule has 0 bridgehead atoms. The van der Waals surface area contributed by atoms with E-state index in [1.807, 2.05) is 40.7 Å². The largest absolute Gasteiger partial charge is 0.460 e. The van der Waals surface area contributed by atoms with Crippen LogP contribution >= 0.6 is 0 Å². The number of carbonyl (C=O) groups is 1. The van der Waals surface area contributed by atoms with E-state index in [1.54, 1.807) is 0 Å². The van der Waals surface area contributed by atoms with Gasteiger partial charge >= 0.3 is 5.97 Å². The molecule has 2 rings (SSSR count). The summed E-state index contributed by atoms with van der Waals surface area (Å²) in [6.45, 7) is 16.1. The molecule has 1 unspecified atom stereocenters. The van der Waals surface area contributed by atoms with Crippen molar-refractivity contribution in [1.29, 1.82) is 0 Å². The first-order chi connectivity index (χ1) is 11.8. The maximum absolute atomic E-state index is 12.4. The summed E-state index contributed by atoms with van der Waals surface area (Å²) < 4.78 is 17.4. The summed E-state index contributed by atoms with van der Waals surface area (Å²) in [5.41, 5.74) is 0.358. The fourth-order valence-corrected chi connectivity index (χ4v) is 2.72. The Balaban J connectivity index is 1.98. The van der Waals surface area contributed by atoms with Crippen LogP contribution in [0.4, 0.5) is 0 Å². The van der Waals surface area contributed by atoms with E-state index in [4.69, 9.17) is 14.2 Å². The zero-order valence-corrected chi connectivity index (χ0v) is 17.6. The lowest BCUT2D eigenvalue weighted by atomic mass is 9.88. The molecular formula is C22H34O4. The van der Waals surface area contributed by atoms with Crippen LogP contribution in [0.1, 0.15) is 73.8 Å². The maximum Gasteiger partial charge on any atom is 0.312 e. The SMILES string of the molecule is CC(C)(C)CCc1ccc2c(c1)OC(CC(C)(C)C(=O)OC(C)(C)C)O2. The highest BCUT2D eigenvalue weighted by Crippen LogP contribution is 2.39. The molecule has 0 fully saturated rings. The third kappa shape index (κ3) is 5.93. The van der Waals surface area contributed by atoms with Crippen LogP contribution in [-0.2, 0) is 16.0 Å². The van der Waals surface area contributed by atoms with Gasteiger partial charge in [-0.05, 0) is 70.6 Å². The van der Waals surface area contributed by atoms with Crippen LogP contribution in [0.15, 0.2) is 18.2 Å². The molecule has 0 radical (unpaired) electrons. The zero-order valence-electron chi connectivity index (χ0n) is 17.6. The van der Waals surface area contributed by atoms with Crippen molar-refractivity contribution in [2.75, 3.05) is 0 Å². The van der Waals surface area contributed by atoms with Crippen molar-refractivity contribution in [3.05, 3.63) is 23.8 Å². The summed E-state index contributed by atoms with van der Waals surface area (Å²) in [7, 11) is 0. The first-order valence-corrected chi connectivity index (χ1v) is 9.45. The van der Waals surface area contributed by atoms with E-state index in [1.165, 1.54) is 5.56 Å². The first-order valence-electron chi connectivity index (χ1n) is 9.45. The molecule has 0 aliphatic carbocycles. The van der Waals surface area contributed by atoms with Gasteiger partial charge in [-0.1, -0.05) is 26.8 Å². The van der Waals surface area contributed by atoms with Gasteiger partial charge in [-0.3, -0.25) is 4.79 Å². The lowest BCUT2D eigenvalue weighted by Crippen LogP contribution is -2.37. The number of hydrogen-bond acceptors (Lipinski definition) is 4. The average Bonchev–Trinajstić information content (AvgIpc) is 2.83. The van der Waals surface area contributed by atoms with Crippen LogP contribution in [0, 0.1) is 10.8 Å². The number of esters is 1. The molecule has 1 atom stereocenters. The fraction of sp³-hybridized carbons (Fsp3) is 0.682. The first kappa shape index (κ1) is 20.6. The molecule has 1 aliphatic heterocycles. The molecule has 0 N–H and O–H groups in total. The van der Waals surface area contributed by atoms with E-state index >= 15 is 0 Å². The molecule has 1 aromatic rings. The zero-order chi connectivity index (χ0) is 19.8. The summed E-state index contributed by atoms with van der Waals surface area (Å²) in [5, 5.41) is 0. The quantitative estimate of drug-likeness (QED) is 0.647. The van der Waals surface area contributed by atoms with E-state index in [2.05, 4.69) is 32.9 Å². The molecular weight excluding hydrogens is 328 g/mol. The lowest BCUT2D eigenvalue weighted by molar-refractivity contribution is -0.168. The minimum absolute atomic E-state index is 0.237. The number of ether oxygens (including phenoxy) is 3. The summed E-state index contributed by atoms with van der Waals surface area (Å²) in [6.07, 6.45) is 2.09. The minimum Gasteiger partial charge on any atom is -0.460 e. The number of aryl methyl sites for hydroxylation is 1. The van der Waals surface area contributed by atoms with Gasteiger partial charge in [0.05, 0.1) is 5.41 Å². The highest BCUT2D eigenvalue weighted by atomic mass is 16.7. The monoisotopic (exact) mass is 362 g/mol. The van der Waals surface area contributed by atoms with Gasteiger partial charge in [0, 0.05) is 6.42 Å². The second-order valence-electron chi connectivity index (χ2n) is 10.1. The van der Waals surface area contributed by atoms with Crippen LogP contribution < -0.4 is 9.47 Å². The Morgan fingerprint density at radius 1 is 1.00 bits per heavy atom. The van der Waals surface area contributed by atoms with Crippen molar-refractivity contribution in [3.63, 3.8) is 0 Å². The van der Waals surface area contributed by atoms with Gasteiger partial charge in [0.15, 0.2) is 11.5 Å². The molecule has 0 saturated carbocycles. The molecule has 4 nitrogen and oxygen atoms in total. The molecule has 0 amide bonds. The van der Waals surface area contributed by atoms with Crippen LogP contribution in [-0.4, -0.2) is 17.9 Å². The van der Waals surface area contributed by atoms with E-state index in [9.17, 15) is 4.79 Å².